The maximum absolute atomic E-state index is 5.44. The van der Waals surface area contributed by atoms with E-state index >= 15 is 0 Å². The van der Waals surface area contributed by atoms with Crippen LogP contribution in [-0.2, 0) is 13.6 Å². The van der Waals surface area contributed by atoms with Crippen LogP contribution < -0.4 is 5.32 Å². The molecule has 5 nitrogen and oxygen atoms in total. The van der Waals surface area contributed by atoms with Crippen LogP contribution in [0.1, 0.15) is 18.3 Å². The van der Waals surface area contributed by atoms with Gasteiger partial charge in [-0.25, -0.2) is 4.98 Å². The smallest absolute Gasteiger partial charge is 0.181 e. The van der Waals surface area contributed by atoms with Gasteiger partial charge in [-0.3, -0.25) is 4.68 Å². The molecule has 0 aliphatic rings. The first-order chi connectivity index (χ1) is 7.74. The average Bonchev–Trinajstić information content (AvgIpc) is 2.85. The number of hydrogen-bond donors (Lipinski definition) is 1. The molecule has 0 saturated carbocycles. The van der Waals surface area contributed by atoms with Crippen LogP contribution in [0.4, 0.5) is 0 Å². The molecule has 1 N–H and O–H groups in total. The highest BCUT2D eigenvalue weighted by Gasteiger charge is 2.15. The molecule has 86 valence electrons. The molecule has 2 aromatic heterocycles. The Morgan fingerprint density at radius 2 is 2.31 bits per heavy atom. The number of aryl methyl sites for hydroxylation is 1. The third kappa shape index (κ3) is 1.86. The Morgan fingerprint density at radius 1 is 1.50 bits per heavy atom. The van der Waals surface area contributed by atoms with Crippen LogP contribution in [0.3, 0.4) is 0 Å². The van der Waals surface area contributed by atoms with Crippen molar-refractivity contribution >= 4 is 0 Å². The number of rotatable bonds is 4. The van der Waals surface area contributed by atoms with Crippen LogP contribution in [0.2, 0.25) is 0 Å². The van der Waals surface area contributed by atoms with E-state index in [9.17, 15) is 0 Å². The molecule has 2 heterocycles. The summed E-state index contributed by atoms with van der Waals surface area (Å²) in [5.74, 6) is 0.812. The first-order valence-electron chi connectivity index (χ1n) is 5.36. The summed E-state index contributed by atoms with van der Waals surface area (Å²) in [7, 11) is 1.92. The average molecular weight is 220 g/mol. The number of oxazole rings is 1. The van der Waals surface area contributed by atoms with Crippen LogP contribution in [0.25, 0.3) is 11.3 Å². The fourth-order valence-electron chi connectivity index (χ4n) is 1.58. The molecule has 0 bridgehead atoms. The van der Waals surface area contributed by atoms with Crippen molar-refractivity contribution in [2.75, 3.05) is 6.54 Å². The lowest BCUT2D eigenvalue weighted by Crippen LogP contribution is -2.12. The second kappa shape index (κ2) is 4.49. The second-order valence-corrected chi connectivity index (χ2v) is 3.68. The van der Waals surface area contributed by atoms with Crippen LogP contribution in [0.15, 0.2) is 17.0 Å². The molecule has 0 fully saturated rings. The van der Waals surface area contributed by atoms with E-state index in [2.05, 4.69) is 22.3 Å². The Hall–Kier alpha value is -1.62. The van der Waals surface area contributed by atoms with Gasteiger partial charge >= 0.3 is 0 Å². The monoisotopic (exact) mass is 220 g/mol. The van der Waals surface area contributed by atoms with Gasteiger partial charge in [-0.1, -0.05) is 6.92 Å². The van der Waals surface area contributed by atoms with Crippen molar-refractivity contribution in [1.82, 2.24) is 20.1 Å². The zero-order valence-electron chi connectivity index (χ0n) is 9.82. The third-order valence-corrected chi connectivity index (χ3v) is 2.66. The van der Waals surface area contributed by atoms with Crippen molar-refractivity contribution in [2.24, 2.45) is 7.05 Å². The van der Waals surface area contributed by atoms with Crippen molar-refractivity contribution in [3.63, 3.8) is 0 Å². The van der Waals surface area contributed by atoms with Gasteiger partial charge < -0.3 is 9.73 Å². The van der Waals surface area contributed by atoms with Crippen molar-refractivity contribution in [1.29, 1.82) is 0 Å². The highest BCUT2D eigenvalue weighted by molar-refractivity contribution is 5.61. The Bertz CT molecular complexity index is 472. The summed E-state index contributed by atoms with van der Waals surface area (Å²) in [6, 6.07) is 0. The number of nitrogens with one attached hydrogen (secondary N) is 1. The lowest BCUT2D eigenvalue weighted by molar-refractivity contribution is 0.569. The molecule has 0 aromatic carbocycles. The SMILES string of the molecule is CCNCc1ncoc1-c1cnn(C)c1C. The van der Waals surface area contributed by atoms with Crippen molar-refractivity contribution in [3.8, 4) is 11.3 Å². The van der Waals surface area contributed by atoms with Gasteiger partial charge in [0.05, 0.1) is 11.8 Å². The first-order valence-corrected chi connectivity index (χ1v) is 5.36. The van der Waals surface area contributed by atoms with Gasteiger partial charge in [-0.15, -0.1) is 0 Å². The molecule has 0 atom stereocenters. The van der Waals surface area contributed by atoms with Crippen molar-refractivity contribution in [2.45, 2.75) is 20.4 Å². The molecule has 5 heteroatoms. The molecule has 0 saturated heterocycles. The van der Waals surface area contributed by atoms with Gasteiger partial charge in [0.15, 0.2) is 12.2 Å². The minimum Gasteiger partial charge on any atom is -0.443 e. The Morgan fingerprint density at radius 3 is 2.94 bits per heavy atom. The first kappa shape index (κ1) is 10.9. The fraction of sp³-hybridized carbons (Fsp3) is 0.455. The Labute approximate surface area is 94.5 Å². The summed E-state index contributed by atoms with van der Waals surface area (Å²) in [4.78, 5) is 4.21. The summed E-state index contributed by atoms with van der Waals surface area (Å²) in [6.07, 6.45) is 3.29. The van der Waals surface area contributed by atoms with Crippen molar-refractivity contribution < 1.29 is 4.42 Å². The fourth-order valence-corrected chi connectivity index (χ4v) is 1.58. The Balaban J connectivity index is 2.33. The van der Waals surface area contributed by atoms with Crippen molar-refractivity contribution in [3.05, 3.63) is 24.0 Å². The van der Waals surface area contributed by atoms with Gasteiger partial charge in [0.2, 0.25) is 0 Å². The molecule has 0 radical (unpaired) electrons. The molecule has 16 heavy (non-hydrogen) atoms. The highest BCUT2D eigenvalue weighted by atomic mass is 16.3. The summed E-state index contributed by atoms with van der Waals surface area (Å²) < 4.78 is 7.27. The molecule has 0 amide bonds. The summed E-state index contributed by atoms with van der Waals surface area (Å²) in [6.45, 7) is 5.71. The lowest BCUT2D eigenvalue weighted by atomic mass is 10.1. The normalized spacial score (nSPS) is 10.9. The number of hydrogen-bond acceptors (Lipinski definition) is 4. The minimum atomic E-state index is 0.719. The van der Waals surface area contributed by atoms with E-state index in [0.717, 1.165) is 35.8 Å². The molecular formula is C11H16N4O. The van der Waals surface area contributed by atoms with E-state index in [4.69, 9.17) is 4.42 Å². The van der Waals surface area contributed by atoms with Gasteiger partial charge in [-0.05, 0) is 13.5 Å². The predicted molar refractivity (Wildman–Crippen MR) is 60.8 cm³/mol. The highest BCUT2D eigenvalue weighted by Crippen LogP contribution is 2.25. The summed E-state index contributed by atoms with van der Waals surface area (Å²) in [5, 5.41) is 7.44. The van der Waals surface area contributed by atoms with Gasteiger partial charge in [-0.2, -0.15) is 5.10 Å². The molecular weight excluding hydrogens is 204 g/mol. The van der Waals surface area contributed by atoms with Gasteiger partial charge in [0.25, 0.3) is 0 Å². The molecule has 0 unspecified atom stereocenters. The summed E-state index contributed by atoms with van der Waals surface area (Å²) >= 11 is 0. The minimum absolute atomic E-state index is 0.719. The van der Waals surface area contributed by atoms with E-state index in [0.29, 0.717) is 0 Å². The van der Waals surface area contributed by atoms with Crippen LogP contribution in [-0.4, -0.2) is 21.3 Å². The van der Waals surface area contributed by atoms with Crippen LogP contribution >= 0.6 is 0 Å². The van der Waals surface area contributed by atoms with Crippen LogP contribution in [0.5, 0.6) is 0 Å². The maximum Gasteiger partial charge on any atom is 0.181 e. The number of aromatic nitrogens is 3. The third-order valence-electron chi connectivity index (χ3n) is 2.66. The zero-order valence-corrected chi connectivity index (χ0v) is 9.82. The van der Waals surface area contributed by atoms with Gasteiger partial charge in [0.1, 0.15) is 5.69 Å². The Kier molecular flexibility index (Phi) is 3.05. The quantitative estimate of drug-likeness (QED) is 0.848. The standard InChI is InChI=1S/C11H16N4O/c1-4-12-6-10-11(16-7-13-10)9-5-14-15(3)8(9)2/h5,7,12H,4,6H2,1-3H3. The molecule has 0 spiro atoms. The van der Waals surface area contributed by atoms with E-state index in [1.165, 1.54) is 6.39 Å². The maximum atomic E-state index is 5.44. The zero-order chi connectivity index (χ0) is 11.5. The molecule has 2 aromatic rings. The van der Waals surface area contributed by atoms with E-state index in [1.54, 1.807) is 0 Å². The van der Waals surface area contributed by atoms with Crippen LogP contribution in [0, 0.1) is 6.92 Å². The van der Waals surface area contributed by atoms with E-state index in [-0.39, 0.29) is 0 Å². The molecule has 0 aliphatic heterocycles. The van der Waals surface area contributed by atoms with Gasteiger partial charge in [0, 0.05) is 19.3 Å². The lowest BCUT2D eigenvalue weighted by Gasteiger charge is -2.01. The second-order valence-electron chi connectivity index (χ2n) is 3.68. The largest absolute Gasteiger partial charge is 0.443 e. The molecule has 2 rings (SSSR count). The summed E-state index contributed by atoms with van der Waals surface area (Å²) in [5.41, 5.74) is 3.01. The topological polar surface area (TPSA) is 55.9 Å². The van der Waals surface area contributed by atoms with E-state index < -0.39 is 0 Å². The van der Waals surface area contributed by atoms with E-state index in [1.807, 2.05) is 24.9 Å². The number of nitrogens with zero attached hydrogens (tertiary/aromatic N) is 3. The predicted octanol–water partition coefficient (Wildman–Crippen LogP) is 1.49. The molecule has 0 aliphatic carbocycles.